The number of nitrogens with one attached hydrogen (secondary N) is 1. The molecule has 2 N–H and O–H groups in total. The van der Waals surface area contributed by atoms with Crippen LogP contribution in [0.4, 0.5) is 5.69 Å². The first kappa shape index (κ1) is 19.7. The molecule has 0 heterocycles. The third-order valence-electron chi connectivity index (χ3n) is 3.03. The van der Waals surface area contributed by atoms with E-state index in [-0.39, 0.29) is 17.2 Å². The molecule has 0 spiro atoms. The number of nitro benzene ring substituents is 1. The first-order chi connectivity index (χ1) is 12.2. The quantitative estimate of drug-likeness (QED) is 0.388. The Hall–Kier alpha value is -2.61. The van der Waals surface area contributed by atoms with E-state index in [9.17, 15) is 19.5 Å². The summed E-state index contributed by atoms with van der Waals surface area (Å²) in [6.07, 6.45) is 0. The molecule has 0 aliphatic rings. The fraction of sp³-hybridized carbons (Fsp3) is 0.133. The third-order valence-corrected chi connectivity index (χ3v) is 4.89. The number of nitrogens with zero attached hydrogens (tertiary/aromatic N) is 1. The van der Waals surface area contributed by atoms with Gasteiger partial charge in [0, 0.05) is 17.2 Å². The average Bonchev–Trinajstić information content (AvgIpc) is 2.57. The van der Waals surface area contributed by atoms with Gasteiger partial charge < -0.3 is 14.2 Å². The highest BCUT2D eigenvalue weighted by Gasteiger charge is 2.33. The Morgan fingerprint density at radius 1 is 1.15 bits per heavy atom. The molecule has 2 aromatic rings. The highest BCUT2D eigenvalue weighted by atomic mass is 35.5. The molecule has 0 amide bonds. The van der Waals surface area contributed by atoms with Gasteiger partial charge in [-0.1, -0.05) is 11.6 Å². The number of hydrogen-bond acceptors (Lipinski definition) is 6. The third kappa shape index (κ3) is 5.45. The van der Waals surface area contributed by atoms with Crippen molar-refractivity contribution < 1.29 is 28.4 Å². The van der Waals surface area contributed by atoms with E-state index in [0.29, 0.717) is 5.02 Å². The molecule has 2 atom stereocenters. The van der Waals surface area contributed by atoms with Gasteiger partial charge in [-0.3, -0.25) is 14.9 Å². The average molecular weight is 401 g/mol. The lowest BCUT2D eigenvalue weighted by Gasteiger charge is -2.22. The number of carboxylic acid groups (broad SMARTS) is 1. The van der Waals surface area contributed by atoms with Crippen LogP contribution in [0.15, 0.2) is 48.5 Å². The molecule has 0 aliphatic heterocycles. The van der Waals surface area contributed by atoms with Gasteiger partial charge in [0.1, 0.15) is 17.5 Å². The van der Waals surface area contributed by atoms with Crippen molar-refractivity contribution in [3.05, 3.63) is 63.7 Å². The molecule has 0 bridgehead atoms. The maximum absolute atomic E-state index is 13.0. The van der Waals surface area contributed by atoms with E-state index in [4.69, 9.17) is 25.8 Å². The largest absolute Gasteiger partial charge is 0.513 e. The summed E-state index contributed by atoms with van der Waals surface area (Å²) in [5, 5.41) is 22.4. The lowest BCUT2D eigenvalue weighted by Crippen LogP contribution is -2.34. The van der Waals surface area contributed by atoms with Gasteiger partial charge in [-0.05, 0) is 43.3 Å². The van der Waals surface area contributed by atoms with Crippen molar-refractivity contribution in [2.45, 2.75) is 13.0 Å². The second-order valence-electron chi connectivity index (χ2n) is 5.07. The molecule has 0 fully saturated rings. The van der Waals surface area contributed by atoms with E-state index in [1.54, 1.807) is 0 Å². The van der Waals surface area contributed by atoms with Gasteiger partial charge in [0.05, 0.1) is 4.92 Å². The maximum atomic E-state index is 13.0. The van der Waals surface area contributed by atoms with E-state index in [0.717, 1.165) is 12.1 Å². The molecule has 2 aromatic carbocycles. The van der Waals surface area contributed by atoms with Crippen LogP contribution in [-0.2, 0) is 9.36 Å². The van der Waals surface area contributed by atoms with Crippen LogP contribution in [-0.4, -0.2) is 22.0 Å². The second-order valence-corrected chi connectivity index (χ2v) is 7.13. The number of carboxylic acids is 1. The van der Waals surface area contributed by atoms with Crippen LogP contribution in [0.3, 0.4) is 0 Å². The van der Waals surface area contributed by atoms with E-state index in [1.165, 1.54) is 43.3 Å². The Morgan fingerprint density at radius 3 is 2.04 bits per heavy atom. The van der Waals surface area contributed by atoms with E-state index in [1.807, 2.05) is 0 Å². The minimum Gasteiger partial charge on any atom is -0.480 e. The first-order valence-corrected chi connectivity index (χ1v) is 9.10. The topological polar surface area (TPSA) is 128 Å². The molecular formula is C15H14ClN2O7P. The van der Waals surface area contributed by atoms with Crippen LogP contribution in [0, 0.1) is 10.1 Å². The maximum Gasteiger partial charge on any atom is 0.513 e. The molecule has 11 heteroatoms. The first-order valence-electron chi connectivity index (χ1n) is 7.18. The van der Waals surface area contributed by atoms with Gasteiger partial charge >= 0.3 is 13.7 Å². The molecule has 1 unspecified atom stereocenters. The monoisotopic (exact) mass is 400 g/mol. The van der Waals surface area contributed by atoms with Gasteiger partial charge in [0.25, 0.3) is 5.69 Å². The highest BCUT2D eigenvalue weighted by molar-refractivity contribution is 7.52. The number of hydrogen-bond donors (Lipinski definition) is 2. The molecular weight excluding hydrogens is 387 g/mol. The lowest BCUT2D eigenvalue weighted by molar-refractivity contribution is -0.384. The van der Waals surface area contributed by atoms with Crippen molar-refractivity contribution >= 4 is 31.0 Å². The van der Waals surface area contributed by atoms with Crippen molar-refractivity contribution in [3.8, 4) is 11.5 Å². The zero-order chi connectivity index (χ0) is 19.3. The predicted octanol–water partition coefficient (Wildman–Crippen LogP) is 3.88. The summed E-state index contributed by atoms with van der Waals surface area (Å²) in [4.78, 5) is 21.1. The molecule has 0 radical (unpaired) electrons. The Bertz CT molecular complexity index is 842. The van der Waals surface area contributed by atoms with Crippen molar-refractivity contribution in [2.24, 2.45) is 0 Å². The zero-order valence-corrected chi connectivity index (χ0v) is 15.0. The molecule has 0 aliphatic carbocycles. The Morgan fingerprint density at radius 2 is 1.62 bits per heavy atom. The van der Waals surface area contributed by atoms with E-state index >= 15 is 0 Å². The van der Waals surface area contributed by atoms with Crippen LogP contribution in [0.25, 0.3) is 0 Å². The van der Waals surface area contributed by atoms with Gasteiger partial charge in [-0.15, -0.1) is 0 Å². The van der Waals surface area contributed by atoms with Crippen molar-refractivity contribution in [2.75, 3.05) is 0 Å². The van der Waals surface area contributed by atoms with E-state index in [2.05, 4.69) is 5.09 Å². The SMILES string of the molecule is C[C@H](NP(=O)(Oc1ccc(Cl)cc1)Oc1ccc([N+](=O)[O-])cc1)C(=O)O. The van der Waals surface area contributed by atoms with Crippen LogP contribution in [0.1, 0.15) is 6.92 Å². The fourth-order valence-electron chi connectivity index (χ4n) is 1.77. The van der Waals surface area contributed by atoms with Crippen LogP contribution in [0.2, 0.25) is 5.02 Å². The predicted molar refractivity (Wildman–Crippen MR) is 93.6 cm³/mol. The Balaban J connectivity index is 2.26. The number of benzene rings is 2. The Kier molecular flexibility index (Phi) is 6.20. The number of nitro groups is 1. The van der Waals surface area contributed by atoms with Crippen molar-refractivity contribution in [3.63, 3.8) is 0 Å². The number of carbonyl (C=O) groups is 1. The summed E-state index contributed by atoms with van der Waals surface area (Å²) in [6.45, 7) is 1.26. The summed E-state index contributed by atoms with van der Waals surface area (Å²) < 4.78 is 23.6. The molecule has 0 saturated carbocycles. The lowest BCUT2D eigenvalue weighted by atomic mass is 10.3. The highest BCUT2D eigenvalue weighted by Crippen LogP contribution is 2.45. The summed E-state index contributed by atoms with van der Waals surface area (Å²) in [6, 6.07) is 9.37. The second kappa shape index (κ2) is 8.18. The van der Waals surface area contributed by atoms with Gasteiger partial charge in [0.2, 0.25) is 0 Å². The Labute approximate surface area is 153 Å². The molecule has 2 rings (SSSR count). The van der Waals surface area contributed by atoms with Crippen molar-refractivity contribution in [1.29, 1.82) is 0 Å². The van der Waals surface area contributed by atoms with E-state index < -0.39 is 24.7 Å². The van der Waals surface area contributed by atoms with Crippen LogP contribution < -0.4 is 14.1 Å². The molecule has 0 saturated heterocycles. The minimum absolute atomic E-state index is 0.00187. The number of halogens is 1. The molecule has 26 heavy (non-hydrogen) atoms. The molecule has 138 valence electrons. The van der Waals surface area contributed by atoms with Gasteiger partial charge in [0.15, 0.2) is 0 Å². The number of rotatable bonds is 8. The molecule has 9 nitrogen and oxygen atoms in total. The summed E-state index contributed by atoms with van der Waals surface area (Å²) in [5.74, 6) is -1.14. The fourth-order valence-corrected chi connectivity index (χ4v) is 3.42. The summed E-state index contributed by atoms with van der Waals surface area (Å²) in [7, 11) is -4.17. The summed E-state index contributed by atoms with van der Waals surface area (Å²) >= 11 is 5.77. The van der Waals surface area contributed by atoms with Crippen molar-refractivity contribution in [1.82, 2.24) is 5.09 Å². The molecule has 0 aromatic heterocycles. The zero-order valence-electron chi connectivity index (χ0n) is 13.4. The smallest absolute Gasteiger partial charge is 0.480 e. The number of aliphatic carboxylic acids is 1. The summed E-state index contributed by atoms with van der Waals surface area (Å²) in [5.41, 5.74) is -0.183. The van der Waals surface area contributed by atoms with Gasteiger partial charge in [-0.25, -0.2) is 4.57 Å². The van der Waals surface area contributed by atoms with Crippen LogP contribution >= 0.6 is 19.3 Å². The van der Waals surface area contributed by atoms with Gasteiger partial charge in [-0.2, -0.15) is 5.09 Å². The number of non-ortho nitro benzene ring substituents is 1. The minimum atomic E-state index is -4.17. The standard InChI is InChI=1S/C15H14ClN2O7P/c1-10(15(19)20)17-26(23,24-13-6-2-11(16)3-7-13)25-14-8-4-12(5-9-14)18(21)22/h2-10H,1H3,(H,17,23)(H,19,20)/t10-,26?/m0/s1. The van der Waals surface area contributed by atoms with Crippen LogP contribution in [0.5, 0.6) is 11.5 Å². The normalized spacial score (nSPS) is 14.1.